The summed E-state index contributed by atoms with van der Waals surface area (Å²) >= 11 is 0. The highest BCUT2D eigenvalue weighted by Crippen LogP contribution is 2.40. The van der Waals surface area contributed by atoms with E-state index in [-0.39, 0.29) is 29.2 Å². The third-order valence-corrected chi connectivity index (χ3v) is 6.85. The second-order valence-corrected chi connectivity index (χ2v) is 9.30. The van der Waals surface area contributed by atoms with Gasteiger partial charge in [0, 0.05) is 17.6 Å². The number of imidazole rings is 1. The van der Waals surface area contributed by atoms with Crippen LogP contribution < -0.4 is 5.73 Å². The monoisotopic (exact) mass is 501 g/mol. The SMILES string of the molecule is Cc1nc2ccc(-n3ncc(C(=O)C4=Cc5cc(C6=C(C(F)(F)F)CCC=C6)ccc5C4)c3N)cc2[nH]1. The summed E-state index contributed by atoms with van der Waals surface area (Å²) in [4.78, 5) is 20.9. The van der Waals surface area contributed by atoms with Crippen molar-refractivity contribution < 1.29 is 18.0 Å². The van der Waals surface area contributed by atoms with Gasteiger partial charge in [-0.2, -0.15) is 18.3 Å². The summed E-state index contributed by atoms with van der Waals surface area (Å²) < 4.78 is 42.2. The van der Waals surface area contributed by atoms with Gasteiger partial charge in [0.15, 0.2) is 5.78 Å². The Morgan fingerprint density at radius 2 is 2.00 bits per heavy atom. The van der Waals surface area contributed by atoms with Gasteiger partial charge >= 0.3 is 6.18 Å². The van der Waals surface area contributed by atoms with Gasteiger partial charge in [0.05, 0.1) is 28.5 Å². The van der Waals surface area contributed by atoms with Crippen molar-refractivity contribution in [2.75, 3.05) is 5.73 Å². The Kier molecular flexibility index (Phi) is 5.18. The van der Waals surface area contributed by atoms with Crippen molar-refractivity contribution in [3.8, 4) is 5.69 Å². The van der Waals surface area contributed by atoms with E-state index in [1.165, 1.54) is 17.0 Å². The number of rotatable bonds is 4. The van der Waals surface area contributed by atoms with Crippen LogP contribution in [0.5, 0.6) is 0 Å². The number of H-pyrrole nitrogens is 1. The highest BCUT2D eigenvalue weighted by molar-refractivity contribution is 6.15. The van der Waals surface area contributed by atoms with Crippen molar-refractivity contribution in [3.05, 3.63) is 94.0 Å². The van der Waals surface area contributed by atoms with Gasteiger partial charge in [-0.25, -0.2) is 9.67 Å². The van der Waals surface area contributed by atoms with Crippen LogP contribution in [0.3, 0.4) is 0 Å². The van der Waals surface area contributed by atoms with Crippen molar-refractivity contribution in [2.45, 2.75) is 32.4 Å². The lowest BCUT2D eigenvalue weighted by atomic mass is 9.90. The fourth-order valence-corrected chi connectivity index (χ4v) is 5.05. The molecule has 0 aliphatic heterocycles. The minimum absolute atomic E-state index is 0.0395. The molecule has 0 spiro atoms. The first-order valence-corrected chi connectivity index (χ1v) is 11.8. The summed E-state index contributed by atoms with van der Waals surface area (Å²) in [5.41, 5.74) is 11.2. The number of carbonyl (C=O) groups excluding carboxylic acids is 1. The Bertz CT molecular complexity index is 1680. The van der Waals surface area contributed by atoms with E-state index in [1.54, 1.807) is 30.4 Å². The molecule has 186 valence electrons. The first kappa shape index (κ1) is 23.0. The number of allylic oxidation sites excluding steroid dienone is 5. The number of nitrogens with zero attached hydrogens (tertiary/aromatic N) is 3. The maximum atomic E-state index is 13.6. The lowest BCUT2D eigenvalue weighted by molar-refractivity contribution is -0.0933. The number of Topliss-reactive ketones (excluding diaryl/α,β-unsaturated/α-hetero) is 1. The number of ketones is 1. The van der Waals surface area contributed by atoms with Crippen LogP contribution in [0, 0.1) is 6.92 Å². The number of alkyl halides is 3. The Labute approximate surface area is 210 Å². The lowest BCUT2D eigenvalue weighted by Gasteiger charge is -2.19. The second kappa shape index (κ2) is 8.33. The van der Waals surface area contributed by atoms with Crippen LogP contribution in [0.2, 0.25) is 0 Å². The van der Waals surface area contributed by atoms with Gasteiger partial charge in [0.25, 0.3) is 0 Å². The third-order valence-electron chi connectivity index (χ3n) is 6.85. The van der Waals surface area contributed by atoms with Crippen LogP contribution >= 0.6 is 0 Å². The minimum atomic E-state index is -4.38. The van der Waals surface area contributed by atoms with E-state index < -0.39 is 11.7 Å². The number of aromatic nitrogens is 4. The molecule has 0 saturated carbocycles. The molecular formula is C28H22F3N5O. The third kappa shape index (κ3) is 3.96. The highest BCUT2D eigenvalue weighted by Gasteiger charge is 2.36. The molecule has 0 atom stereocenters. The van der Waals surface area contributed by atoms with Crippen LogP contribution in [0.4, 0.5) is 19.0 Å². The average molecular weight is 502 g/mol. The number of aryl methyl sites for hydroxylation is 1. The van der Waals surface area contributed by atoms with Gasteiger partial charge in [-0.15, -0.1) is 0 Å². The normalized spacial score (nSPS) is 15.4. The molecule has 0 saturated heterocycles. The summed E-state index contributed by atoms with van der Waals surface area (Å²) in [6.07, 6.45) is 2.80. The van der Waals surface area contributed by atoms with E-state index in [1.807, 2.05) is 25.1 Å². The van der Waals surface area contributed by atoms with Crippen molar-refractivity contribution in [1.29, 1.82) is 0 Å². The van der Waals surface area contributed by atoms with E-state index in [0.717, 1.165) is 28.0 Å². The van der Waals surface area contributed by atoms with Crippen molar-refractivity contribution >= 4 is 34.3 Å². The van der Waals surface area contributed by atoms with E-state index in [0.29, 0.717) is 29.7 Å². The smallest absolute Gasteiger partial charge is 0.383 e. The van der Waals surface area contributed by atoms with E-state index >= 15 is 0 Å². The van der Waals surface area contributed by atoms with Crippen molar-refractivity contribution in [1.82, 2.24) is 19.7 Å². The lowest BCUT2D eigenvalue weighted by Crippen LogP contribution is -2.15. The molecule has 6 nitrogen and oxygen atoms in total. The number of fused-ring (bicyclic) bond motifs is 2. The molecule has 0 radical (unpaired) electrons. The predicted molar refractivity (Wildman–Crippen MR) is 136 cm³/mol. The number of nitrogen functional groups attached to an aromatic ring is 1. The van der Waals surface area contributed by atoms with Crippen molar-refractivity contribution in [2.24, 2.45) is 0 Å². The quantitative estimate of drug-likeness (QED) is 0.329. The topological polar surface area (TPSA) is 89.6 Å². The molecule has 37 heavy (non-hydrogen) atoms. The van der Waals surface area contributed by atoms with Gasteiger partial charge < -0.3 is 10.7 Å². The fourth-order valence-electron chi connectivity index (χ4n) is 5.05. The van der Waals surface area contributed by atoms with Gasteiger partial charge in [-0.1, -0.05) is 24.3 Å². The van der Waals surface area contributed by atoms with Crippen LogP contribution in [0.1, 0.15) is 45.7 Å². The van der Waals surface area contributed by atoms with Gasteiger partial charge in [0.1, 0.15) is 11.6 Å². The Morgan fingerprint density at radius 1 is 1.16 bits per heavy atom. The Balaban J connectivity index is 1.31. The summed E-state index contributed by atoms with van der Waals surface area (Å²) in [6.45, 7) is 1.87. The summed E-state index contributed by atoms with van der Waals surface area (Å²) in [6, 6.07) is 10.8. The molecule has 0 amide bonds. The number of halogens is 3. The van der Waals surface area contributed by atoms with Gasteiger partial charge in [-0.3, -0.25) is 4.79 Å². The predicted octanol–water partition coefficient (Wildman–Crippen LogP) is 6.13. The average Bonchev–Trinajstić information content (AvgIpc) is 3.57. The second-order valence-electron chi connectivity index (χ2n) is 9.30. The summed E-state index contributed by atoms with van der Waals surface area (Å²) in [7, 11) is 0. The molecule has 2 aliphatic carbocycles. The zero-order chi connectivity index (χ0) is 25.9. The van der Waals surface area contributed by atoms with E-state index in [4.69, 9.17) is 5.73 Å². The largest absolute Gasteiger partial charge is 0.413 e. The number of hydrogen-bond acceptors (Lipinski definition) is 4. The number of anilines is 1. The first-order valence-electron chi connectivity index (χ1n) is 11.8. The number of nitrogens with two attached hydrogens (primary N) is 1. The van der Waals surface area contributed by atoms with Crippen LogP contribution in [0.25, 0.3) is 28.4 Å². The first-order chi connectivity index (χ1) is 17.7. The molecule has 4 aromatic rings. The number of hydrogen-bond donors (Lipinski definition) is 2. The molecule has 0 bridgehead atoms. The minimum Gasteiger partial charge on any atom is -0.383 e. The summed E-state index contributed by atoms with van der Waals surface area (Å²) in [5.74, 6) is 0.746. The van der Waals surface area contributed by atoms with Crippen LogP contribution in [0.15, 0.2) is 65.9 Å². The molecule has 6 rings (SSSR count). The molecule has 2 aromatic carbocycles. The molecule has 0 unspecified atom stereocenters. The standard InChI is InChI=1S/C28H22F3N5O/c1-15-34-24-9-8-20(13-25(24)35-15)36-27(32)22(14-33-36)26(37)19-10-16-6-7-17(11-18(16)12-19)21-4-2-3-5-23(21)28(29,30)31/h2,4,6-9,11-14H,3,5,10,32H2,1H3,(H,34,35). The molecule has 2 heterocycles. The van der Waals surface area contributed by atoms with Gasteiger partial charge in [-0.05, 0) is 72.4 Å². The Hall–Kier alpha value is -4.40. The van der Waals surface area contributed by atoms with E-state index in [2.05, 4.69) is 15.1 Å². The maximum absolute atomic E-state index is 13.6. The Morgan fingerprint density at radius 3 is 2.81 bits per heavy atom. The number of aromatic amines is 1. The zero-order valence-corrected chi connectivity index (χ0v) is 19.9. The van der Waals surface area contributed by atoms with Crippen molar-refractivity contribution in [3.63, 3.8) is 0 Å². The van der Waals surface area contributed by atoms with Crippen LogP contribution in [-0.2, 0) is 6.42 Å². The zero-order valence-electron chi connectivity index (χ0n) is 19.9. The molecule has 0 fully saturated rings. The van der Waals surface area contributed by atoms with Gasteiger partial charge in [0.2, 0.25) is 0 Å². The molecular weight excluding hydrogens is 479 g/mol. The molecule has 3 N–H and O–H groups in total. The number of nitrogens with one attached hydrogen (secondary N) is 1. The van der Waals surface area contributed by atoms with E-state index in [9.17, 15) is 18.0 Å². The number of carbonyl (C=O) groups is 1. The molecule has 9 heteroatoms. The maximum Gasteiger partial charge on any atom is 0.413 e. The molecule has 2 aliphatic rings. The summed E-state index contributed by atoms with van der Waals surface area (Å²) in [5, 5.41) is 4.34. The molecule has 2 aromatic heterocycles. The number of benzene rings is 2. The highest BCUT2D eigenvalue weighted by atomic mass is 19.4. The van der Waals surface area contributed by atoms with Crippen LogP contribution in [-0.4, -0.2) is 31.7 Å². The fraction of sp³-hybridized carbons (Fsp3) is 0.179.